The van der Waals surface area contributed by atoms with Gasteiger partial charge in [-0.1, -0.05) is 74.0 Å². The number of rotatable bonds is 5. The summed E-state index contributed by atoms with van der Waals surface area (Å²) in [5.74, 6) is 0. The zero-order chi connectivity index (χ0) is 20.4. The summed E-state index contributed by atoms with van der Waals surface area (Å²) in [5, 5.41) is 1.20. The smallest absolute Gasteiger partial charge is 0.201 e. The van der Waals surface area contributed by atoms with Gasteiger partial charge >= 0.3 is 0 Å². The summed E-state index contributed by atoms with van der Waals surface area (Å²) in [7, 11) is -4.94. The average molecular weight is 420 g/mol. The zero-order valence-corrected chi connectivity index (χ0v) is 17.0. The number of benzene rings is 2. The Bertz CT molecular complexity index is 842. The summed E-state index contributed by atoms with van der Waals surface area (Å²) in [6.07, 6.45) is 2.40. The van der Waals surface area contributed by atoms with E-state index in [9.17, 15) is 0 Å². The summed E-state index contributed by atoms with van der Waals surface area (Å²) in [6, 6.07) is 25.8. The highest BCUT2D eigenvalue weighted by molar-refractivity contribution is 7.18. The number of halogens is 1. The van der Waals surface area contributed by atoms with Gasteiger partial charge < -0.3 is 0 Å². The largest absolute Gasteiger partial charge is 0.242 e. The average Bonchev–Trinajstić information content (AvgIpc) is 2.68. The summed E-state index contributed by atoms with van der Waals surface area (Å²) >= 11 is 1.84. The molecule has 28 heavy (non-hydrogen) atoms. The van der Waals surface area contributed by atoms with Crippen LogP contribution in [0.3, 0.4) is 0 Å². The molecule has 1 aromatic heterocycles. The quantitative estimate of drug-likeness (QED) is 0.541. The van der Waals surface area contributed by atoms with Gasteiger partial charge in [0.25, 0.3) is 0 Å². The van der Waals surface area contributed by atoms with Crippen molar-refractivity contribution < 1.29 is 33.9 Å². The van der Waals surface area contributed by atoms with Crippen molar-refractivity contribution in [3.63, 3.8) is 0 Å². The Morgan fingerprint density at radius 1 is 0.786 bits per heavy atom. The van der Waals surface area contributed by atoms with Crippen LogP contribution in [0.1, 0.15) is 19.8 Å². The minimum absolute atomic E-state index is 1.02. The van der Waals surface area contributed by atoms with Crippen LogP contribution in [0.4, 0.5) is 0 Å². The van der Waals surface area contributed by atoms with Crippen molar-refractivity contribution in [1.29, 1.82) is 0 Å². The van der Waals surface area contributed by atoms with Gasteiger partial charge in [0.1, 0.15) is 6.54 Å². The summed E-state index contributed by atoms with van der Waals surface area (Å²) in [5.41, 5.74) is 2.54. The number of hydrogen-bond acceptors (Lipinski definition) is 5. The van der Waals surface area contributed by atoms with Gasteiger partial charge in [-0.2, -0.15) is 0 Å². The molecular weight excluding hydrogens is 398 g/mol. The van der Waals surface area contributed by atoms with Gasteiger partial charge in [0, 0.05) is 28.3 Å². The first-order chi connectivity index (χ1) is 13.4. The van der Waals surface area contributed by atoms with Gasteiger partial charge in [-0.3, -0.25) is 0 Å². The van der Waals surface area contributed by atoms with Gasteiger partial charge in [0.15, 0.2) is 0 Å². The van der Waals surface area contributed by atoms with E-state index in [-0.39, 0.29) is 0 Å². The third kappa shape index (κ3) is 8.31. The van der Waals surface area contributed by atoms with Gasteiger partial charge in [-0.05, 0) is 11.1 Å². The van der Waals surface area contributed by atoms with E-state index in [4.69, 9.17) is 18.6 Å². The molecule has 0 saturated carbocycles. The number of nitrogens with one attached hydrogen (secondary N) is 1. The molecule has 0 saturated heterocycles. The Morgan fingerprint density at radius 2 is 1.21 bits per heavy atom. The summed E-state index contributed by atoms with van der Waals surface area (Å²) < 4.78 is 34.0. The van der Waals surface area contributed by atoms with Crippen molar-refractivity contribution >= 4 is 11.3 Å². The van der Waals surface area contributed by atoms with Crippen molar-refractivity contribution in [2.75, 3.05) is 6.54 Å². The van der Waals surface area contributed by atoms with Crippen molar-refractivity contribution in [3.05, 3.63) is 78.2 Å². The highest BCUT2D eigenvalue weighted by Crippen LogP contribution is 2.30. The maximum Gasteiger partial charge on any atom is 0.201 e. The fourth-order valence-corrected chi connectivity index (χ4v) is 3.62. The Balaban J connectivity index is 0.000000500. The first-order valence-corrected chi connectivity index (χ1v) is 10.9. The molecule has 3 rings (SSSR count). The van der Waals surface area contributed by atoms with E-state index in [1.165, 1.54) is 39.1 Å². The predicted molar refractivity (Wildman–Crippen MR) is 99.1 cm³/mol. The fraction of sp³-hybridized carbons (Fsp3) is 0.190. The molecule has 1 N–H and O–H groups in total. The molecule has 0 atom stereocenters. The fourth-order valence-electron chi connectivity index (χ4n) is 2.50. The minimum atomic E-state index is -4.94. The molecule has 2 aromatic carbocycles. The number of hydrogen-bond donors (Lipinski definition) is 1. The molecule has 0 bridgehead atoms. The molecule has 0 unspecified atom stereocenters. The van der Waals surface area contributed by atoms with Crippen LogP contribution < -0.4 is 29.0 Å². The molecule has 1 heterocycles. The Labute approximate surface area is 170 Å². The van der Waals surface area contributed by atoms with Crippen LogP contribution in [0.5, 0.6) is 0 Å². The van der Waals surface area contributed by atoms with Crippen molar-refractivity contribution in [2.24, 2.45) is 0 Å². The van der Waals surface area contributed by atoms with Crippen molar-refractivity contribution in [2.45, 2.75) is 19.8 Å². The third-order valence-corrected chi connectivity index (χ3v) is 4.92. The second-order valence-electron chi connectivity index (χ2n) is 5.96. The Hall–Kier alpha value is -2.06. The molecule has 148 valence electrons. The molecular formula is C21H22ClNO4S. The Morgan fingerprint density at radius 3 is 1.61 bits per heavy atom. The maximum absolute atomic E-state index is 8.49. The van der Waals surface area contributed by atoms with Crippen LogP contribution in [-0.4, -0.2) is 6.54 Å². The molecule has 0 fully saturated rings. The number of unbranched alkanes of at least 4 members (excludes halogenated alkanes) is 1. The Kier molecular flexibility index (Phi) is 8.79. The topological polar surface area (TPSA) is 106 Å². The molecule has 0 spiro atoms. The molecule has 0 amide bonds. The van der Waals surface area contributed by atoms with E-state index in [0.29, 0.717) is 0 Å². The predicted octanol–water partition coefficient (Wildman–Crippen LogP) is -0.892. The first kappa shape index (κ1) is 22.2. The normalized spacial score (nSPS) is 10.8. The first-order valence-electron chi connectivity index (χ1n) is 8.81. The van der Waals surface area contributed by atoms with E-state index in [1.807, 2.05) is 11.3 Å². The van der Waals surface area contributed by atoms with Crippen molar-refractivity contribution in [3.8, 4) is 20.9 Å². The maximum atomic E-state index is 8.49. The minimum Gasteiger partial charge on any atom is -0.242 e. The van der Waals surface area contributed by atoms with Crippen LogP contribution in [0, 0.1) is 10.2 Å². The van der Waals surface area contributed by atoms with Crippen LogP contribution >= 0.6 is 11.3 Å². The molecule has 0 radical (unpaired) electrons. The lowest BCUT2D eigenvalue weighted by atomic mass is 10.1. The highest BCUT2D eigenvalue weighted by atomic mass is 35.7. The molecule has 0 aliphatic rings. The van der Waals surface area contributed by atoms with E-state index in [1.54, 1.807) is 0 Å². The lowest BCUT2D eigenvalue weighted by Crippen LogP contribution is -2.76. The van der Waals surface area contributed by atoms with Gasteiger partial charge in [-0.25, -0.2) is 23.6 Å². The van der Waals surface area contributed by atoms with Crippen molar-refractivity contribution in [1.82, 2.24) is 0 Å². The van der Waals surface area contributed by atoms with Crippen LogP contribution in [-0.2, 0) is 0 Å². The molecule has 3 aromatic rings. The molecule has 5 nitrogen and oxygen atoms in total. The van der Waals surface area contributed by atoms with Crippen LogP contribution in [0.2, 0.25) is 0 Å². The second kappa shape index (κ2) is 11.1. The summed E-state index contributed by atoms with van der Waals surface area (Å²) in [4.78, 5) is 6.17. The van der Waals surface area contributed by atoms with Gasteiger partial charge in [-0.15, -0.1) is 21.6 Å². The SMILES string of the molecule is CCCC[NH+]=c1cc(-c2ccccc2)sc(-c2ccccc2)c1.[O-][Cl+3]([O-])([O-])[O-]. The second-order valence-corrected chi connectivity index (χ2v) is 7.80. The van der Waals surface area contributed by atoms with E-state index >= 15 is 0 Å². The van der Waals surface area contributed by atoms with E-state index in [2.05, 4.69) is 84.7 Å². The van der Waals surface area contributed by atoms with E-state index in [0.717, 1.165) is 6.54 Å². The third-order valence-electron chi connectivity index (χ3n) is 3.77. The van der Waals surface area contributed by atoms with Crippen LogP contribution in [0.15, 0.2) is 72.8 Å². The molecule has 0 aliphatic carbocycles. The molecule has 0 aliphatic heterocycles. The van der Waals surface area contributed by atoms with Crippen LogP contribution in [0.25, 0.3) is 20.9 Å². The lowest BCUT2D eigenvalue weighted by Gasteiger charge is -2.17. The monoisotopic (exact) mass is 419 g/mol. The summed E-state index contributed by atoms with van der Waals surface area (Å²) in [6.45, 7) is 3.24. The van der Waals surface area contributed by atoms with E-state index < -0.39 is 10.2 Å². The lowest BCUT2D eigenvalue weighted by molar-refractivity contribution is -2.00. The standard InChI is InChI=1S/C21H21NS.ClHO4/c1-2-3-14-22-19-15-20(17-10-6-4-7-11-17)23-21(16-19)18-12-8-5-9-13-18;2-1(3,4)5/h4-13,15-16H,2-3,14H2,1H3;(H,2,3,4,5). The van der Waals surface area contributed by atoms with Gasteiger partial charge in [0.2, 0.25) is 5.36 Å². The molecule has 7 heteroatoms. The van der Waals surface area contributed by atoms with Gasteiger partial charge in [0.05, 0.1) is 0 Å². The zero-order valence-electron chi connectivity index (χ0n) is 15.5. The highest BCUT2D eigenvalue weighted by Gasteiger charge is 2.06.